The summed E-state index contributed by atoms with van der Waals surface area (Å²) < 4.78 is 0. The van der Waals surface area contributed by atoms with Crippen molar-refractivity contribution in [1.29, 1.82) is 0 Å². The molecule has 0 aromatic heterocycles. The Kier molecular flexibility index (Phi) is 4.08. The molecule has 0 saturated carbocycles. The van der Waals surface area contributed by atoms with Crippen LogP contribution in [0.15, 0.2) is 24.3 Å². The predicted molar refractivity (Wildman–Crippen MR) is 77.8 cm³/mol. The monoisotopic (exact) mass is 246 g/mol. The third-order valence-electron chi connectivity index (χ3n) is 4.65. The van der Waals surface area contributed by atoms with Crippen LogP contribution in [-0.2, 0) is 6.42 Å². The zero-order valence-corrected chi connectivity index (χ0v) is 12.3. The van der Waals surface area contributed by atoms with Gasteiger partial charge in [0.2, 0.25) is 0 Å². The van der Waals surface area contributed by atoms with Gasteiger partial charge in [-0.3, -0.25) is 4.90 Å². The maximum absolute atomic E-state index is 3.50. The molecule has 0 spiro atoms. The van der Waals surface area contributed by atoms with Gasteiger partial charge in [-0.2, -0.15) is 0 Å². The topological polar surface area (TPSA) is 15.3 Å². The van der Waals surface area contributed by atoms with E-state index < -0.39 is 0 Å². The number of hydrogen-bond acceptors (Lipinski definition) is 2. The summed E-state index contributed by atoms with van der Waals surface area (Å²) in [6, 6.07) is 10.5. The van der Waals surface area contributed by atoms with Crippen molar-refractivity contribution in [2.75, 3.05) is 14.1 Å². The number of fused-ring (bicyclic) bond motifs is 1. The highest BCUT2D eigenvalue weighted by molar-refractivity contribution is 5.37. The van der Waals surface area contributed by atoms with Crippen molar-refractivity contribution in [2.45, 2.75) is 45.3 Å². The average Bonchev–Trinajstić information content (AvgIpc) is 2.75. The lowest BCUT2D eigenvalue weighted by Crippen LogP contribution is -2.46. The normalized spacial score (nSPS) is 24.6. The van der Waals surface area contributed by atoms with Crippen LogP contribution < -0.4 is 5.32 Å². The molecule has 0 heterocycles. The van der Waals surface area contributed by atoms with Gasteiger partial charge in [0.05, 0.1) is 0 Å². The lowest BCUT2D eigenvalue weighted by atomic mass is 10.00. The minimum Gasteiger partial charge on any atom is -0.312 e. The van der Waals surface area contributed by atoms with Crippen LogP contribution in [0.5, 0.6) is 0 Å². The van der Waals surface area contributed by atoms with Gasteiger partial charge >= 0.3 is 0 Å². The lowest BCUT2D eigenvalue weighted by molar-refractivity contribution is 0.128. The fraction of sp³-hybridized carbons (Fsp3) is 0.625. The molecule has 3 atom stereocenters. The third-order valence-corrected chi connectivity index (χ3v) is 4.65. The van der Waals surface area contributed by atoms with E-state index in [9.17, 15) is 0 Å². The first-order chi connectivity index (χ1) is 8.56. The van der Waals surface area contributed by atoms with E-state index in [0.29, 0.717) is 24.0 Å². The molecular formula is C16H26N2. The number of benzene rings is 1. The third kappa shape index (κ3) is 2.32. The van der Waals surface area contributed by atoms with Crippen LogP contribution in [0.1, 0.15) is 37.9 Å². The van der Waals surface area contributed by atoms with Crippen LogP contribution in [0.2, 0.25) is 0 Å². The van der Waals surface area contributed by atoms with Crippen molar-refractivity contribution in [3.63, 3.8) is 0 Å². The first-order valence-electron chi connectivity index (χ1n) is 7.03. The lowest BCUT2D eigenvalue weighted by Gasteiger charge is -2.36. The SMILES string of the molecule is CNC1c2ccccc2CC1N(C)C(C)C(C)C. The Balaban J connectivity index is 2.22. The maximum Gasteiger partial charge on any atom is 0.0481 e. The summed E-state index contributed by atoms with van der Waals surface area (Å²) in [4.78, 5) is 2.55. The van der Waals surface area contributed by atoms with Gasteiger partial charge in [-0.1, -0.05) is 38.1 Å². The van der Waals surface area contributed by atoms with E-state index in [4.69, 9.17) is 0 Å². The molecule has 0 aliphatic heterocycles. The molecule has 1 aromatic rings. The molecular weight excluding hydrogens is 220 g/mol. The molecule has 0 radical (unpaired) electrons. The minimum atomic E-state index is 0.465. The highest BCUT2D eigenvalue weighted by atomic mass is 15.2. The molecule has 18 heavy (non-hydrogen) atoms. The smallest absolute Gasteiger partial charge is 0.0481 e. The van der Waals surface area contributed by atoms with Crippen LogP contribution in [0.4, 0.5) is 0 Å². The van der Waals surface area contributed by atoms with Crippen LogP contribution in [0.3, 0.4) is 0 Å². The molecule has 1 aliphatic rings. The van der Waals surface area contributed by atoms with Crippen molar-refractivity contribution in [3.8, 4) is 0 Å². The van der Waals surface area contributed by atoms with Crippen molar-refractivity contribution in [2.24, 2.45) is 5.92 Å². The Hall–Kier alpha value is -0.860. The molecule has 0 saturated heterocycles. The van der Waals surface area contributed by atoms with Crippen molar-refractivity contribution in [1.82, 2.24) is 10.2 Å². The van der Waals surface area contributed by atoms with E-state index in [1.807, 2.05) is 0 Å². The zero-order valence-electron chi connectivity index (χ0n) is 12.3. The Morgan fingerprint density at radius 3 is 2.50 bits per heavy atom. The van der Waals surface area contributed by atoms with E-state index in [1.54, 1.807) is 0 Å². The van der Waals surface area contributed by atoms with Gasteiger partial charge < -0.3 is 5.32 Å². The Morgan fingerprint density at radius 2 is 1.89 bits per heavy atom. The first-order valence-corrected chi connectivity index (χ1v) is 7.03. The number of nitrogens with zero attached hydrogens (tertiary/aromatic N) is 1. The van der Waals surface area contributed by atoms with Crippen molar-refractivity contribution >= 4 is 0 Å². The fourth-order valence-electron chi connectivity index (χ4n) is 3.07. The number of likely N-dealkylation sites (N-methyl/N-ethyl adjacent to an activating group) is 2. The van der Waals surface area contributed by atoms with E-state index in [-0.39, 0.29) is 0 Å². The second-order valence-electron chi connectivity index (χ2n) is 5.89. The molecule has 3 unspecified atom stereocenters. The maximum atomic E-state index is 3.50. The number of hydrogen-bond donors (Lipinski definition) is 1. The summed E-state index contributed by atoms with van der Waals surface area (Å²) in [6.45, 7) is 6.94. The van der Waals surface area contributed by atoms with E-state index in [1.165, 1.54) is 11.1 Å². The number of rotatable bonds is 4. The Bertz CT molecular complexity index is 400. The molecule has 1 N–H and O–H groups in total. The Labute approximate surface area is 111 Å². The van der Waals surface area contributed by atoms with Crippen molar-refractivity contribution < 1.29 is 0 Å². The molecule has 2 nitrogen and oxygen atoms in total. The van der Waals surface area contributed by atoms with E-state index in [2.05, 4.69) is 69.3 Å². The second kappa shape index (κ2) is 5.41. The van der Waals surface area contributed by atoms with Gasteiger partial charge in [-0.15, -0.1) is 0 Å². The van der Waals surface area contributed by atoms with Gasteiger partial charge in [-0.05, 0) is 44.5 Å². The van der Waals surface area contributed by atoms with Crippen LogP contribution in [0, 0.1) is 5.92 Å². The second-order valence-corrected chi connectivity index (χ2v) is 5.89. The molecule has 0 fully saturated rings. The summed E-state index contributed by atoms with van der Waals surface area (Å²) in [5.74, 6) is 0.691. The summed E-state index contributed by atoms with van der Waals surface area (Å²) in [5.41, 5.74) is 2.98. The Morgan fingerprint density at radius 1 is 1.22 bits per heavy atom. The van der Waals surface area contributed by atoms with Crippen molar-refractivity contribution in [3.05, 3.63) is 35.4 Å². The average molecular weight is 246 g/mol. The molecule has 2 rings (SSSR count). The first kappa shape index (κ1) is 13.6. The highest BCUT2D eigenvalue weighted by Crippen LogP contribution is 2.35. The molecule has 1 aliphatic carbocycles. The minimum absolute atomic E-state index is 0.465. The fourth-order valence-corrected chi connectivity index (χ4v) is 3.07. The van der Waals surface area contributed by atoms with E-state index >= 15 is 0 Å². The number of nitrogens with one attached hydrogen (secondary N) is 1. The van der Waals surface area contributed by atoms with E-state index in [0.717, 1.165) is 6.42 Å². The summed E-state index contributed by atoms with van der Waals surface area (Å²) >= 11 is 0. The summed E-state index contributed by atoms with van der Waals surface area (Å²) in [7, 11) is 4.35. The summed E-state index contributed by atoms with van der Waals surface area (Å²) in [6.07, 6.45) is 1.16. The predicted octanol–water partition coefficient (Wildman–Crippen LogP) is 2.85. The highest BCUT2D eigenvalue weighted by Gasteiger charge is 2.35. The standard InChI is InChI=1S/C16H26N2/c1-11(2)12(3)18(5)15-10-13-8-6-7-9-14(13)16(15)17-4/h6-9,11-12,15-17H,10H2,1-5H3. The van der Waals surface area contributed by atoms with Gasteiger partial charge in [0.1, 0.15) is 0 Å². The molecule has 0 bridgehead atoms. The molecule has 0 amide bonds. The zero-order chi connectivity index (χ0) is 13.3. The van der Waals surface area contributed by atoms with Gasteiger partial charge in [0.15, 0.2) is 0 Å². The van der Waals surface area contributed by atoms with Crippen LogP contribution in [-0.4, -0.2) is 31.1 Å². The quantitative estimate of drug-likeness (QED) is 0.879. The van der Waals surface area contributed by atoms with Gasteiger partial charge in [0, 0.05) is 18.1 Å². The molecule has 2 heteroatoms. The summed E-state index contributed by atoms with van der Waals surface area (Å²) in [5, 5.41) is 3.50. The van der Waals surface area contributed by atoms with Crippen LogP contribution in [0.25, 0.3) is 0 Å². The largest absolute Gasteiger partial charge is 0.312 e. The molecule has 1 aromatic carbocycles. The van der Waals surface area contributed by atoms with Gasteiger partial charge in [0.25, 0.3) is 0 Å². The van der Waals surface area contributed by atoms with Gasteiger partial charge in [-0.25, -0.2) is 0 Å². The van der Waals surface area contributed by atoms with Crippen LogP contribution >= 0.6 is 0 Å². The molecule has 100 valence electrons.